The van der Waals surface area contributed by atoms with Crippen LogP contribution < -0.4 is 9.47 Å². The largest absolute Gasteiger partial charge is 0.502 e. The highest BCUT2D eigenvalue weighted by molar-refractivity contribution is 5.90. The summed E-state index contributed by atoms with van der Waals surface area (Å²) in [6, 6.07) is 20.4. The number of nitriles is 1. The van der Waals surface area contributed by atoms with Gasteiger partial charge in [0.1, 0.15) is 28.9 Å². The van der Waals surface area contributed by atoms with E-state index in [4.69, 9.17) is 13.9 Å². The monoisotopic (exact) mass is 469 g/mol. The molecule has 4 rings (SSSR count). The number of hydrogen-bond donors (Lipinski definition) is 1. The topological polar surface area (TPSA) is 131 Å². The highest BCUT2D eigenvalue weighted by Crippen LogP contribution is 2.43. The fourth-order valence-corrected chi connectivity index (χ4v) is 3.49. The molecule has 0 spiro atoms. The van der Waals surface area contributed by atoms with Crippen molar-refractivity contribution in [3.05, 3.63) is 88.0 Å². The molecule has 35 heavy (non-hydrogen) atoms. The molecule has 0 amide bonds. The van der Waals surface area contributed by atoms with E-state index in [2.05, 4.69) is 11.1 Å². The molecule has 0 unspecified atom stereocenters. The molecule has 9 nitrogen and oxygen atoms in total. The van der Waals surface area contributed by atoms with E-state index >= 15 is 0 Å². The van der Waals surface area contributed by atoms with E-state index in [-0.39, 0.29) is 11.4 Å². The second kappa shape index (κ2) is 9.80. The molecular formula is C26H19N3O6. The molecule has 0 saturated heterocycles. The van der Waals surface area contributed by atoms with Crippen molar-refractivity contribution in [3.63, 3.8) is 0 Å². The van der Waals surface area contributed by atoms with Crippen molar-refractivity contribution >= 4 is 17.8 Å². The predicted molar refractivity (Wildman–Crippen MR) is 129 cm³/mol. The fraction of sp³-hybridized carbons (Fsp3) is 0.0769. The van der Waals surface area contributed by atoms with Gasteiger partial charge in [0, 0.05) is 23.4 Å². The number of aromatic hydroxyl groups is 1. The maximum atomic E-state index is 11.1. The number of furan rings is 1. The molecule has 0 aliphatic heterocycles. The van der Waals surface area contributed by atoms with Crippen LogP contribution in [0.25, 0.3) is 22.5 Å². The van der Waals surface area contributed by atoms with Gasteiger partial charge in [-0.25, -0.2) is 4.99 Å². The minimum absolute atomic E-state index is 0.0415. The van der Waals surface area contributed by atoms with Gasteiger partial charge in [0.2, 0.25) is 5.88 Å². The lowest BCUT2D eigenvalue weighted by Gasteiger charge is -2.06. The van der Waals surface area contributed by atoms with Crippen LogP contribution in [-0.4, -0.2) is 30.5 Å². The van der Waals surface area contributed by atoms with Crippen molar-refractivity contribution in [1.82, 2.24) is 0 Å². The fourth-order valence-electron chi connectivity index (χ4n) is 3.49. The van der Waals surface area contributed by atoms with Crippen molar-refractivity contribution in [2.45, 2.75) is 0 Å². The van der Waals surface area contributed by atoms with E-state index in [1.807, 2.05) is 24.3 Å². The first-order valence-corrected chi connectivity index (χ1v) is 10.3. The van der Waals surface area contributed by atoms with E-state index in [1.165, 1.54) is 24.4 Å². The minimum atomic E-state index is -0.691. The third-order valence-electron chi connectivity index (χ3n) is 5.26. The molecule has 1 aromatic heterocycles. The number of aliphatic imine (C=N–C) groups is 1. The van der Waals surface area contributed by atoms with E-state index in [9.17, 15) is 20.5 Å². The zero-order valence-electron chi connectivity index (χ0n) is 18.8. The Labute approximate surface area is 200 Å². The zero-order valence-corrected chi connectivity index (χ0v) is 18.8. The van der Waals surface area contributed by atoms with Crippen molar-refractivity contribution < 1.29 is 23.9 Å². The summed E-state index contributed by atoms with van der Waals surface area (Å²) < 4.78 is 16.5. The zero-order chi connectivity index (χ0) is 24.9. The molecule has 0 atom stereocenters. The molecule has 0 aliphatic carbocycles. The lowest BCUT2D eigenvalue weighted by atomic mass is 9.98. The van der Waals surface area contributed by atoms with Crippen molar-refractivity contribution in [1.29, 1.82) is 5.26 Å². The number of phenols is 1. The van der Waals surface area contributed by atoms with Gasteiger partial charge >= 0.3 is 5.69 Å². The molecule has 9 heteroatoms. The Morgan fingerprint density at radius 3 is 2.14 bits per heavy atom. The second-order valence-electron chi connectivity index (χ2n) is 7.32. The van der Waals surface area contributed by atoms with Gasteiger partial charge in [0.15, 0.2) is 5.75 Å². The van der Waals surface area contributed by atoms with Gasteiger partial charge in [-0.05, 0) is 59.7 Å². The minimum Gasteiger partial charge on any atom is -0.502 e. The van der Waals surface area contributed by atoms with Gasteiger partial charge in [-0.15, -0.1) is 0 Å². The van der Waals surface area contributed by atoms with Crippen LogP contribution in [0.4, 0.5) is 11.6 Å². The Kier molecular flexibility index (Phi) is 6.46. The molecular weight excluding hydrogens is 450 g/mol. The summed E-state index contributed by atoms with van der Waals surface area (Å²) in [7, 11) is 3.13. The van der Waals surface area contributed by atoms with Gasteiger partial charge in [0.05, 0.1) is 19.1 Å². The van der Waals surface area contributed by atoms with Gasteiger partial charge in [-0.1, -0.05) is 12.1 Å². The average Bonchev–Trinajstić information content (AvgIpc) is 3.26. The second-order valence-corrected chi connectivity index (χ2v) is 7.32. The summed E-state index contributed by atoms with van der Waals surface area (Å²) in [5.41, 5.74) is 2.07. The highest BCUT2D eigenvalue weighted by atomic mass is 16.6. The van der Waals surface area contributed by atoms with Crippen LogP contribution in [0.3, 0.4) is 0 Å². The van der Waals surface area contributed by atoms with Gasteiger partial charge in [-0.3, -0.25) is 10.1 Å². The maximum Gasteiger partial charge on any atom is 0.311 e. The Morgan fingerprint density at radius 1 is 1.00 bits per heavy atom. The van der Waals surface area contributed by atoms with Gasteiger partial charge in [0.25, 0.3) is 0 Å². The number of methoxy groups -OCH3 is 2. The first kappa shape index (κ1) is 23.1. The Hall–Kier alpha value is -5.10. The van der Waals surface area contributed by atoms with Crippen LogP contribution in [0, 0.1) is 21.4 Å². The predicted octanol–water partition coefficient (Wildman–Crippen LogP) is 5.87. The standard InChI is InChI=1S/C26H19N3O6/c1-33-19-8-4-17(5-9-19)24-21(14-27)26(35-25(24)18-6-10-20(34-2)11-7-18)28-15-16-3-12-23(30)22(13-16)29(31)32/h3-13,15,30H,1-2H3/b28-15+. The van der Waals surface area contributed by atoms with Crippen LogP contribution >= 0.6 is 0 Å². The molecule has 0 fully saturated rings. The van der Waals surface area contributed by atoms with Crippen LogP contribution in [-0.2, 0) is 0 Å². The van der Waals surface area contributed by atoms with Crippen molar-refractivity contribution in [3.8, 4) is 45.8 Å². The van der Waals surface area contributed by atoms with Crippen LogP contribution in [0.15, 0.2) is 76.1 Å². The number of rotatable bonds is 7. The van der Waals surface area contributed by atoms with Crippen molar-refractivity contribution in [2.24, 2.45) is 4.99 Å². The SMILES string of the molecule is COc1ccc(-c2oc(/N=C/c3ccc(O)c([N+](=O)[O-])c3)c(C#N)c2-c2ccc(OC)cc2)cc1. The molecule has 4 aromatic rings. The number of nitro groups is 1. The van der Waals surface area contributed by atoms with Crippen LogP contribution in [0.5, 0.6) is 17.2 Å². The van der Waals surface area contributed by atoms with Gasteiger partial charge < -0.3 is 19.0 Å². The lowest BCUT2D eigenvalue weighted by molar-refractivity contribution is -0.385. The summed E-state index contributed by atoms with van der Waals surface area (Å²) >= 11 is 0. The van der Waals surface area contributed by atoms with E-state index in [1.54, 1.807) is 38.5 Å². The Morgan fingerprint density at radius 2 is 1.60 bits per heavy atom. The first-order chi connectivity index (χ1) is 16.9. The number of ether oxygens (including phenoxy) is 2. The molecule has 174 valence electrons. The lowest BCUT2D eigenvalue weighted by Crippen LogP contribution is -1.90. The smallest absolute Gasteiger partial charge is 0.311 e. The average molecular weight is 469 g/mol. The summed E-state index contributed by atoms with van der Waals surface area (Å²) in [5, 5.41) is 30.8. The number of nitro benzene ring substituents is 1. The van der Waals surface area contributed by atoms with Gasteiger partial charge in [-0.2, -0.15) is 5.26 Å². The molecule has 1 heterocycles. The van der Waals surface area contributed by atoms with E-state index in [0.717, 1.165) is 5.56 Å². The van der Waals surface area contributed by atoms with E-state index in [0.29, 0.717) is 33.9 Å². The molecule has 0 radical (unpaired) electrons. The summed E-state index contributed by atoms with van der Waals surface area (Å²) in [6.45, 7) is 0. The van der Waals surface area contributed by atoms with Crippen LogP contribution in [0.2, 0.25) is 0 Å². The quantitative estimate of drug-likeness (QED) is 0.203. The highest BCUT2D eigenvalue weighted by Gasteiger charge is 2.23. The summed E-state index contributed by atoms with van der Waals surface area (Å²) in [4.78, 5) is 14.7. The number of nitrogens with zero attached hydrogens (tertiary/aromatic N) is 3. The molecule has 0 bridgehead atoms. The van der Waals surface area contributed by atoms with Crippen molar-refractivity contribution in [2.75, 3.05) is 14.2 Å². The Bertz CT molecular complexity index is 1450. The Balaban J connectivity index is 1.85. The first-order valence-electron chi connectivity index (χ1n) is 10.3. The maximum absolute atomic E-state index is 11.1. The number of phenolic OH excluding ortho intramolecular Hbond substituents is 1. The number of benzene rings is 3. The number of hydrogen-bond acceptors (Lipinski definition) is 8. The third-order valence-corrected chi connectivity index (χ3v) is 5.26. The molecule has 0 saturated carbocycles. The summed E-state index contributed by atoms with van der Waals surface area (Å²) in [6.07, 6.45) is 1.34. The molecule has 0 aliphatic rings. The molecule has 3 aromatic carbocycles. The normalized spacial score (nSPS) is 10.8. The third kappa shape index (κ3) is 4.67. The van der Waals surface area contributed by atoms with E-state index < -0.39 is 16.4 Å². The molecule has 1 N–H and O–H groups in total. The van der Waals surface area contributed by atoms with Crippen LogP contribution in [0.1, 0.15) is 11.1 Å². The summed E-state index contributed by atoms with van der Waals surface area (Å²) in [5.74, 6) is 1.34.